The van der Waals surface area contributed by atoms with Gasteiger partial charge in [-0.3, -0.25) is 0 Å². The molecule has 2 nitrogen and oxygen atoms in total. The highest BCUT2D eigenvalue weighted by Crippen LogP contribution is 2.57. The fourth-order valence-corrected chi connectivity index (χ4v) is 3.65. The minimum atomic E-state index is 0.0735. The van der Waals surface area contributed by atoms with Crippen LogP contribution in [0.25, 0.3) is 0 Å². The van der Waals surface area contributed by atoms with Crippen molar-refractivity contribution in [1.29, 1.82) is 0 Å². The molecule has 2 rings (SSSR count). The van der Waals surface area contributed by atoms with Crippen molar-refractivity contribution in [1.82, 2.24) is 0 Å². The first kappa shape index (κ1) is 10.1. The topological polar surface area (TPSA) is 29.4 Å². The van der Waals surface area contributed by atoms with Crippen LogP contribution in [0.4, 0.5) is 0 Å². The summed E-state index contributed by atoms with van der Waals surface area (Å²) in [4.78, 5) is 10.7. The van der Waals surface area contributed by atoms with Gasteiger partial charge in [0.25, 0.3) is 0 Å². The third-order valence-corrected chi connectivity index (χ3v) is 4.08. The van der Waals surface area contributed by atoms with Gasteiger partial charge in [0.05, 0.1) is 6.04 Å². The molecule has 2 fully saturated rings. The molecule has 2 aliphatic rings. The van der Waals surface area contributed by atoms with Gasteiger partial charge in [0.15, 0.2) is 0 Å². The summed E-state index contributed by atoms with van der Waals surface area (Å²) in [5.74, 6) is 0.881. The Morgan fingerprint density at radius 2 is 1.79 bits per heavy atom. The molecule has 0 N–H and O–H groups in total. The van der Waals surface area contributed by atoms with Gasteiger partial charge in [-0.2, -0.15) is 4.91 Å². The summed E-state index contributed by atoms with van der Waals surface area (Å²) >= 11 is 0. The van der Waals surface area contributed by atoms with Crippen molar-refractivity contribution in [2.45, 2.75) is 58.9 Å². The summed E-state index contributed by atoms with van der Waals surface area (Å²) in [7, 11) is 0. The van der Waals surface area contributed by atoms with E-state index in [4.69, 9.17) is 0 Å². The van der Waals surface area contributed by atoms with Gasteiger partial charge in [0, 0.05) is 0 Å². The maximum Gasteiger partial charge on any atom is 0.0930 e. The van der Waals surface area contributed by atoms with Gasteiger partial charge in [0.2, 0.25) is 0 Å². The third kappa shape index (κ3) is 1.84. The van der Waals surface area contributed by atoms with E-state index in [2.05, 4.69) is 25.9 Å². The van der Waals surface area contributed by atoms with Crippen LogP contribution in [0.2, 0.25) is 0 Å². The largest absolute Gasteiger partial charge is 0.151 e. The predicted molar refractivity (Wildman–Crippen MR) is 58.0 cm³/mol. The second-order valence-electron chi connectivity index (χ2n) is 6.44. The van der Waals surface area contributed by atoms with Crippen molar-refractivity contribution in [2.24, 2.45) is 21.9 Å². The average Bonchev–Trinajstić information content (AvgIpc) is 2.82. The lowest BCUT2D eigenvalue weighted by atomic mass is 9.61. The molecule has 2 unspecified atom stereocenters. The number of hydrogen-bond acceptors (Lipinski definition) is 2. The number of hydrogen-bond donors (Lipinski definition) is 0. The first-order valence-electron chi connectivity index (χ1n) is 5.78. The molecule has 2 aliphatic carbocycles. The van der Waals surface area contributed by atoms with E-state index in [1.54, 1.807) is 0 Å². The monoisotopic (exact) mass is 195 g/mol. The smallest absolute Gasteiger partial charge is 0.0930 e. The lowest BCUT2D eigenvalue weighted by Gasteiger charge is -2.45. The average molecular weight is 195 g/mol. The van der Waals surface area contributed by atoms with Crippen LogP contribution in [-0.4, -0.2) is 6.04 Å². The molecule has 0 aromatic rings. The SMILES string of the molecule is CC1(C)CC(N=O)CC(C)(C2CC2)C1. The molecule has 0 radical (unpaired) electrons. The Kier molecular flexibility index (Phi) is 2.20. The molecule has 0 aliphatic heterocycles. The van der Waals surface area contributed by atoms with Crippen LogP contribution in [-0.2, 0) is 0 Å². The molecule has 80 valence electrons. The Hall–Kier alpha value is -0.400. The van der Waals surface area contributed by atoms with Crippen molar-refractivity contribution >= 4 is 0 Å². The molecule has 0 heterocycles. The van der Waals surface area contributed by atoms with Crippen LogP contribution in [0.15, 0.2) is 5.18 Å². The zero-order chi connectivity index (χ0) is 10.4. The van der Waals surface area contributed by atoms with Crippen molar-refractivity contribution in [2.75, 3.05) is 0 Å². The molecule has 0 spiro atoms. The van der Waals surface area contributed by atoms with E-state index in [0.29, 0.717) is 10.8 Å². The first-order valence-corrected chi connectivity index (χ1v) is 5.78. The van der Waals surface area contributed by atoms with Gasteiger partial charge >= 0.3 is 0 Å². The first-order chi connectivity index (χ1) is 6.45. The number of rotatable bonds is 2. The Morgan fingerprint density at radius 3 is 2.29 bits per heavy atom. The second-order valence-corrected chi connectivity index (χ2v) is 6.44. The van der Waals surface area contributed by atoms with Crippen molar-refractivity contribution in [3.8, 4) is 0 Å². The van der Waals surface area contributed by atoms with Crippen molar-refractivity contribution in [3.05, 3.63) is 4.91 Å². The molecule has 2 heteroatoms. The van der Waals surface area contributed by atoms with Gasteiger partial charge in [-0.05, 0) is 48.9 Å². The van der Waals surface area contributed by atoms with Crippen molar-refractivity contribution in [3.63, 3.8) is 0 Å². The van der Waals surface area contributed by atoms with Gasteiger partial charge in [-0.25, -0.2) is 0 Å². The summed E-state index contributed by atoms with van der Waals surface area (Å²) in [6.45, 7) is 6.93. The lowest BCUT2D eigenvalue weighted by molar-refractivity contribution is 0.0649. The van der Waals surface area contributed by atoms with Crippen LogP contribution in [0, 0.1) is 21.7 Å². The van der Waals surface area contributed by atoms with Gasteiger partial charge < -0.3 is 0 Å². The summed E-state index contributed by atoms with van der Waals surface area (Å²) < 4.78 is 0. The predicted octanol–water partition coefficient (Wildman–Crippen LogP) is 3.75. The maximum atomic E-state index is 10.7. The fourth-order valence-electron chi connectivity index (χ4n) is 3.65. The molecule has 0 bridgehead atoms. The molecule has 2 atom stereocenters. The maximum absolute atomic E-state index is 10.7. The van der Waals surface area contributed by atoms with E-state index in [9.17, 15) is 4.91 Å². The number of nitrogens with zero attached hydrogens (tertiary/aromatic N) is 1. The van der Waals surface area contributed by atoms with E-state index >= 15 is 0 Å². The molecular weight excluding hydrogens is 174 g/mol. The van der Waals surface area contributed by atoms with E-state index < -0.39 is 0 Å². The molecule has 0 aromatic carbocycles. The zero-order valence-corrected chi connectivity index (χ0v) is 9.55. The van der Waals surface area contributed by atoms with Crippen LogP contribution < -0.4 is 0 Å². The van der Waals surface area contributed by atoms with Gasteiger partial charge in [-0.1, -0.05) is 25.9 Å². The van der Waals surface area contributed by atoms with Crippen LogP contribution in [0.5, 0.6) is 0 Å². The van der Waals surface area contributed by atoms with Gasteiger partial charge in [0.1, 0.15) is 0 Å². The summed E-state index contributed by atoms with van der Waals surface area (Å²) in [6, 6.07) is 0.0735. The second kappa shape index (κ2) is 3.04. The molecule has 0 amide bonds. The molecular formula is C12H21NO. The summed E-state index contributed by atoms with van der Waals surface area (Å²) in [6.07, 6.45) is 6.04. The van der Waals surface area contributed by atoms with Gasteiger partial charge in [-0.15, -0.1) is 0 Å². The summed E-state index contributed by atoms with van der Waals surface area (Å²) in [5, 5.41) is 3.30. The summed E-state index contributed by atoms with van der Waals surface area (Å²) in [5.41, 5.74) is 0.717. The third-order valence-electron chi connectivity index (χ3n) is 4.08. The fraction of sp³-hybridized carbons (Fsp3) is 1.00. The highest BCUT2D eigenvalue weighted by Gasteiger charge is 2.49. The minimum absolute atomic E-state index is 0.0735. The highest BCUT2D eigenvalue weighted by molar-refractivity contribution is 5.01. The van der Waals surface area contributed by atoms with E-state index in [0.717, 1.165) is 18.8 Å². The van der Waals surface area contributed by atoms with E-state index in [-0.39, 0.29) is 6.04 Å². The van der Waals surface area contributed by atoms with Crippen LogP contribution in [0.3, 0.4) is 0 Å². The van der Waals surface area contributed by atoms with E-state index in [1.165, 1.54) is 19.3 Å². The molecule has 2 saturated carbocycles. The standard InChI is InChI=1S/C12H21NO/c1-11(2)6-10(13-14)7-12(3,8-11)9-4-5-9/h9-10H,4-8H2,1-3H3. The quantitative estimate of drug-likeness (QED) is 0.617. The molecule has 0 saturated heterocycles. The number of nitroso groups, excluding NO2 is 1. The van der Waals surface area contributed by atoms with Crippen molar-refractivity contribution < 1.29 is 0 Å². The normalized spacial score (nSPS) is 42.1. The molecule has 0 aromatic heterocycles. The molecule has 14 heavy (non-hydrogen) atoms. The Bertz CT molecular complexity index is 245. The zero-order valence-electron chi connectivity index (χ0n) is 9.55. The Morgan fingerprint density at radius 1 is 1.14 bits per heavy atom. The Balaban J connectivity index is 2.14. The lowest BCUT2D eigenvalue weighted by Crippen LogP contribution is -2.38. The highest BCUT2D eigenvalue weighted by atomic mass is 16.3. The van der Waals surface area contributed by atoms with Crippen LogP contribution >= 0.6 is 0 Å². The minimum Gasteiger partial charge on any atom is -0.151 e. The van der Waals surface area contributed by atoms with E-state index in [1.807, 2.05) is 0 Å². The Labute approximate surface area is 86.4 Å². The van der Waals surface area contributed by atoms with Crippen LogP contribution in [0.1, 0.15) is 52.9 Å².